The van der Waals surface area contributed by atoms with E-state index >= 15 is 0 Å². The lowest BCUT2D eigenvalue weighted by atomic mass is 10.2. The van der Waals surface area contributed by atoms with Gasteiger partial charge in [0.1, 0.15) is 4.99 Å². The van der Waals surface area contributed by atoms with Crippen molar-refractivity contribution in [1.82, 2.24) is 4.90 Å². The number of hydrogen-bond donors (Lipinski definition) is 1. The van der Waals surface area contributed by atoms with Crippen molar-refractivity contribution in [1.29, 1.82) is 5.26 Å². The second kappa shape index (κ2) is 5.80. The van der Waals surface area contributed by atoms with E-state index in [9.17, 15) is 0 Å². The number of hydrogen-bond acceptors (Lipinski definition) is 4. The standard InChI is InChI=1S/C13H15N3OS/c14-9-11-1-3-12(4-2-11)15-5-7-16(8-6-15)13(18)10-17/h1-4,17H,5-8,10H2. The summed E-state index contributed by atoms with van der Waals surface area (Å²) in [4.78, 5) is 4.92. The molecular weight excluding hydrogens is 246 g/mol. The summed E-state index contributed by atoms with van der Waals surface area (Å²) in [5, 5.41) is 17.8. The predicted octanol–water partition coefficient (Wildman–Crippen LogP) is 1.000. The van der Waals surface area contributed by atoms with Crippen LogP contribution in [0.2, 0.25) is 0 Å². The number of aliphatic hydroxyl groups excluding tert-OH is 1. The number of anilines is 1. The van der Waals surface area contributed by atoms with Gasteiger partial charge in [-0.1, -0.05) is 12.2 Å². The molecule has 0 aromatic heterocycles. The van der Waals surface area contributed by atoms with Crippen molar-refractivity contribution in [2.24, 2.45) is 0 Å². The molecule has 5 heteroatoms. The van der Waals surface area contributed by atoms with E-state index in [1.165, 1.54) is 0 Å². The molecule has 94 valence electrons. The third-order valence-electron chi connectivity index (χ3n) is 3.13. The Bertz CT molecular complexity index is 458. The van der Waals surface area contributed by atoms with Gasteiger partial charge in [0.15, 0.2) is 0 Å². The van der Waals surface area contributed by atoms with Crippen LogP contribution < -0.4 is 4.90 Å². The minimum atomic E-state index is -0.0494. The van der Waals surface area contributed by atoms with Crippen LogP contribution in [0.4, 0.5) is 5.69 Å². The maximum atomic E-state index is 9.00. The zero-order chi connectivity index (χ0) is 13.0. The Kier molecular flexibility index (Phi) is 4.13. The zero-order valence-corrected chi connectivity index (χ0v) is 10.9. The van der Waals surface area contributed by atoms with Gasteiger partial charge in [0, 0.05) is 31.9 Å². The molecular formula is C13H15N3OS. The molecule has 2 rings (SSSR count). The summed E-state index contributed by atoms with van der Waals surface area (Å²) in [7, 11) is 0. The van der Waals surface area contributed by atoms with E-state index in [0.29, 0.717) is 10.6 Å². The first-order valence-corrected chi connectivity index (χ1v) is 6.29. The van der Waals surface area contributed by atoms with Crippen LogP contribution in [-0.2, 0) is 0 Å². The molecule has 1 aromatic carbocycles. The molecule has 1 aromatic rings. The average Bonchev–Trinajstić information content (AvgIpc) is 2.47. The first-order valence-electron chi connectivity index (χ1n) is 5.88. The maximum Gasteiger partial charge on any atom is 0.104 e. The number of nitrogens with zero attached hydrogens (tertiary/aromatic N) is 3. The van der Waals surface area contributed by atoms with Crippen LogP contribution in [-0.4, -0.2) is 47.8 Å². The lowest BCUT2D eigenvalue weighted by Gasteiger charge is -2.37. The van der Waals surface area contributed by atoms with Gasteiger partial charge in [0.05, 0.1) is 18.2 Å². The van der Waals surface area contributed by atoms with E-state index in [1.54, 1.807) is 0 Å². The lowest BCUT2D eigenvalue weighted by molar-refractivity contribution is 0.316. The van der Waals surface area contributed by atoms with Crippen molar-refractivity contribution in [2.45, 2.75) is 0 Å². The highest BCUT2D eigenvalue weighted by atomic mass is 32.1. The highest BCUT2D eigenvalue weighted by Gasteiger charge is 2.18. The van der Waals surface area contributed by atoms with E-state index in [-0.39, 0.29) is 6.61 Å². The molecule has 0 saturated carbocycles. The Labute approximate surface area is 112 Å². The van der Waals surface area contributed by atoms with Crippen molar-refractivity contribution in [3.05, 3.63) is 29.8 Å². The highest BCUT2D eigenvalue weighted by Crippen LogP contribution is 2.17. The Morgan fingerprint density at radius 2 is 1.83 bits per heavy atom. The predicted molar refractivity (Wildman–Crippen MR) is 74.6 cm³/mol. The number of thiocarbonyl (C=S) groups is 1. The first-order chi connectivity index (χ1) is 8.74. The molecule has 1 aliphatic rings. The summed E-state index contributed by atoms with van der Waals surface area (Å²) >= 11 is 5.08. The molecule has 4 nitrogen and oxygen atoms in total. The molecule has 18 heavy (non-hydrogen) atoms. The fourth-order valence-electron chi connectivity index (χ4n) is 2.06. The van der Waals surface area contributed by atoms with Gasteiger partial charge in [-0.15, -0.1) is 0 Å². The van der Waals surface area contributed by atoms with Crippen LogP contribution in [0.3, 0.4) is 0 Å². The van der Waals surface area contributed by atoms with Crippen molar-refractivity contribution >= 4 is 22.9 Å². The first kappa shape index (κ1) is 12.8. The smallest absolute Gasteiger partial charge is 0.104 e. The Morgan fingerprint density at radius 1 is 1.22 bits per heavy atom. The summed E-state index contributed by atoms with van der Waals surface area (Å²) < 4.78 is 0. The lowest BCUT2D eigenvalue weighted by Crippen LogP contribution is -2.49. The molecule has 0 atom stereocenters. The topological polar surface area (TPSA) is 50.5 Å². The van der Waals surface area contributed by atoms with E-state index in [2.05, 4.69) is 11.0 Å². The van der Waals surface area contributed by atoms with Crippen molar-refractivity contribution in [3.8, 4) is 6.07 Å². The third-order valence-corrected chi connectivity index (χ3v) is 3.52. The van der Waals surface area contributed by atoms with Crippen LogP contribution in [0, 0.1) is 11.3 Å². The van der Waals surface area contributed by atoms with Crippen LogP contribution in [0.5, 0.6) is 0 Å². The van der Waals surface area contributed by atoms with Crippen LogP contribution in [0.25, 0.3) is 0 Å². The second-order valence-corrected chi connectivity index (χ2v) is 4.66. The van der Waals surface area contributed by atoms with E-state index in [0.717, 1.165) is 31.9 Å². The highest BCUT2D eigenvalue weighted by molar-refractivity contribution is 7.80. The summed E-state index contributed by atoms with van der Waals surface area (Å²) in [5.74, 6) is 0. The molecule has 0 radical (unpaired) electrons. The molecule has 1 saturated heterocycles. The maximum absolute atomic E-state index is 9.00. The molecule has 0 amide bonds. The van der Waals surface area contributed by atoms with Gasteiger partial charge >= 0.3 is 0 Å². The summed E-state index contributed by atoms with van der Waals surface area (Å²) in [5.41, 5.74) is 1.81. The number of aliphatic hydroxyl groups is 1. The number of nitriles is 1. The van der Waals surface area contributed by atoms with Gasteiger partial charge in [-0.2, -0.15) is 5.26 Å². The van der Waals surface area contributed by atoms with E-state index in [1.807, 2.05) is 29.2 Å². The van der Waals surface area contributed by atoms with Crippen LogP contribution >= 0.6 is 12.2 Å². The van der Waals surface area contributed by atoms with Gasteiger partial charge in [-0.3, -0.25) is 0 Å². The summed E-state index contributed by atoms with van der Waals surface area (Å²) in [6.07, 6.45) is 0. The fourth-order valence-corrected chi connectivity index (χ4v) is 2.24. The van der Waals surface area contributed by atoms with Crippen molar-refractivity contribution < 1.29 is 5.11 Å². The van der Waals surface area contributed by atoms with Crippen molar-refractivity contribution in [2.75, 3.05) is 37.7 Å². The Hall–Kier alpha value is -1.64. The van der Waals surface area contributed by atoms with E-state index in [4.69, 9.17) is 22.6 Å². The summed E-state index contributed by atoms with van der Waals surface area (Å²) in [6, 6.07) is 9.72. The van der Waals surface area contributed by atoms with Gasteiger partial charge in [-0.25, -0.2) is 0 Å². The normalized spacial score (nSPS) is 15.3. The fraction of sp³-hybridized carbons (Fsp3) is 0.385. The Morgan fingerprint density at radius 3 is 2.33 bits per heavy atom. The molecule has 1 fully saturated rings. The molecule has 1 aliphatic heterocycles. The van der Waals surface area contributed by atoms with Gasteiger partial charge in [0.25, 0.3) is 0 Å². The molecule has 1 N–H and O–H groups in total. The van der Waals surface area contributed by atoms with Gasteiger partial charge < -0.3 is 14.9 Å². The quantitative estimate of drug-likeness (QED) is 0.805. The molecule has 0 unspecified atom stereocenters. The monoisotopic (exact) mass is 261 g/mol. The van der Waals surface area contributed by atoms with Crippen LogP contribution in [0.1, 0.15) is 5.56 Å². The third kappa shape index (κ3) is 2.78. The molecule has 0 aliphatic carbocycles. The van der Waals surface area contributed by atoms with Gasteiger partial charge in [0.2, 0.25) is 0 Å². The van der Waals surface area contributed by atoms with Gasteiger partial charge in [-0.05, 0) is 24.3 Å². The number of piperazine rings is 1. The summed E-state index contributed by atoms with van der Waals surface area (Å²) in [6.45, 7) is 3.38. The molecule has 0 spiro atoms. The number of benzene rings is 1. The average molecular weight is 261 g/mol. The van der Waals surface area contributed by atoms with Crippen LogP contribution in [0.15, 0.2) is 24.3 Å². The Balaban J connectivity index is 1.97. The molecule has 0 bridgehead atoms. The largest absolute Gasteiger partial charge is 0.389 e. The van der Waals surface area contributed by atoms with Crippen molar-refractivity contribution in [3.63, 3.8) is 0 Å². The minimum Gasteiger partial charge on any atom is -0.389 e. The minimum absolute atomic E-state index is 0.0494. The zero-order valence-electron chi connectivity index (χ0n) is 10.0. The molecule has 1 heterocycles. The van der Waals surface area contributed by atoms with E-state index < -0.39 is 0 Å². The number of rotatable bonds is 2. The SMILES string of the molecule is N#Cc1ccc(N2CCN(C(=S)CO)CC2)cc1. The second-order valence-electron chi connectivity index (χ2n) is 4.18.